The summed E-state index contributed by atoms with van der Waals surface area (Å²) in [5.74, 6) is 0. The molecule has 2 N–H and O–H groups in total. The second-order valence-corrected chi connectivity index (χ2v) is 6.87. The number of nitrogens with zero attached hydrogens (tertiary/aromatic N) is 1. The molecule has 1 aromatic heterocycles. The van der Waals surface area contributed by atoms with Gasteiger partial charge in [0, 0.05) is 6.54 Å². The summed E-state index contributed by atoms with van der Waals surface area (Å²) in [4.78, 5) is 16.6. The largest absolute Gasteiger partial charge is 0.338 e. The number of benzene rings is 2. The van der Waals surface area contributed by atoms with Crippen molar-refractivity contribution >= 4 is 32.7 Å². The highest BCUT2D eigenvalue weighted by Crippen LogP contribution is 2.30. The lowest BCUT2D eigenvalue weighted by Gasteiger charge is -2.05. The Balaban J connectivity index is 1.52. The number of hydrogen-bond donors (Lipinski definition) is 2. The number of nitrogens with one attached hydrogen (secondary N) is 2. The van der Waals surface area contributed by atoms with Crippen LogP contribution in [0.4, 0.5) is 9.93 Å². The van der Waals surface area contributed by atoms with Crippen molar-refractivity contribution in [2.24, 2.45) is 0 Å². The predicted molar refractivity (Wildman–Crippen MR) is 101 cm³/mol. The Kier molecular flexibility index (Phi) is 5.11. The van der Waals surface area contributed by atoms with E-state index in [9.17, 15) is 4.79 Å². The summed E-state index contributed by atoms with van der Waals surface area (Å²) >= 11 is 1.52. The van der Waals surface area contributed by atoms with E-state index in [2.05, 4.69) is 46.8 Å². The molecule has 24 heavy (non-hydrogen) atoms. The summed E-state index contributed by atoms with van der Waals surface area (Å²) in [6.45, 7) is 4.74. The molecular formula is C19H21N3OS. The number of fused-ring (bicyclic) bond motifs is 1. The SMILES string of the molecule is Cc1ccc(C)c2sc(NC(=O)NCCCc3ccccc3)nc12. The average Bonchev–Trinajstić information content (AvgIpc) is 3.01. The number of rotatable bonds is 5. The quantitative estimate of drug-likeness (QED) is 0.664. The average molecular weight is 339 g/mol. The maximum absolute atomic E-state index is 12.0. The first-order chi connectivity index (χ1) is 11.6. The minimum atomic E-state index is -0.197. The first-order valence-electron chi connectivity index (χ1n) is 8.09. The number of carbonyl (C=O) groups excluding carboxylic acids is 1. The zero-order valence-corrected chi connectivity index (χ0v) is 14.7. The number of carbonyl (C=O) groups is 1. The number of hydrogen-bond acceptors (Lipinski definition) is 3. The van der Waals surface area contributed by atoms with Crippen molar-refractivity contribution in [3.05, 3.63) is 59.2 Å². The number of aromatic nitrogens is 1. The molecule has 2 aromatic carbocycles. The lowest BCUT2D eigenvalue weighted by Crippen LogP contribution is -2.29. The third-order valence-electron chi connectivity index (χ3n) is 3.93. The summed E-state index contributed by atoms with van der Waals surface area (Å²) < 4.78 is 1.13. The predicted octanol–water partition coefficient (Wildman–Crippen LogP) is 4.67. The van der Waals surface area contributed by atoms with Crippen molar-refractivity contribution in [1.29, 1.82) is 0 Å². The van der Waals surface area contributed by atoms with Crippen LogP contribution in [0.5, 0.6) is 0 Å². The van der Waals surface area contributed by atoms with E-state index in [1.807, 2.05) is 25.1 Å². The molecule has 0 aliphatic carbocycles. The van der Waals surface area contributed by atoms with Gasteiger partial charge in [0.2, 0.25) is 0 Å². The molecule has 0 fully saturated rings. The Morgan fingerprint density at radius 3 is 2.58 bits per heavy atom. The Bertz CT molecular complexity index is 803. The number of anilines is 1. The molecule has 3 aromatic rings. The molecule has 0 unspecified atom stereocenters. The van der Waals surface area contributed by atoms with Gasteiger partial charge in [-0.2, -0.15) is 0 Å². The van der Waals surface area contributed by atoms with E-state index in [4.69, 9.17) is 0 Å². The van der Waals surface area contributed by atoms with Gasteiger partial charge in [0.15, 0.2) is 5.13 Å². The van der Waals surface area contributed by atoms with Crippen LogP contribution in [0.2, 0.25) is 0 Å². The molecular weight excluding hydrogens is 318 g/mol. The highest BCUT2D eigenvalue weighted by atomic mass is 32.1. The van der Waals surface area contributed by atoms with E-state index in [1.54, 1.807) is 0 Å². The summed E-state index contributed by atoms with van der Waals surface area (Å²) in [7, 11) is 0. The number of urea groups is 1. The molecule has 4 nitrogen and oxygen atoms in total. The first-order valence-corrected chi connectivity index (χ1v) is 8.90. The highest BCUT2D eigenvalue weighted by molar-refractivity contribution is 7.22. The van der Waals surface area contributed by atoms with E-state index < -0.39 is 0 Å². The lowest BCUT2D eigenvalue weighted by atomic mass is 10.1. The number of aryl methyl sites for hydroxylation is 3. The summed E-state index contributed by atoms with van der Waals surface area (Å²) in [6.07, 6.45) is 1.87. The fraction of sp³-hybridized carbons (Fsp3) is 0.263. The van der Waals surface area contributed by atoms with Crippen LogP contribution in [-0.4, -0.2) is 17.6 Å². The molecule has 5 heteroatoms. The van der Waals surface area contributed by atoms with Gasteiger partial charge in [0.1, 0.15) is 0 Å². The fourth-order valence-corrected chi connectivity index (χ4v) is 3.60. The molecule has 124 valence electrons. The molecule has 0 saturated carbocycles. The minimum Gasteiger partial charge on any atom is -0.338 e. The van der Waals surface area contributed by atoms with Crippen molar-refractivity contribution < 1.29 is 4.79 Å². The van der Waals surface area contributed by atoms with Gasteiger partial charge in [-0.05, 0) is 43.4 Å². The number of thiazole rings is 1. The second-order valence-electron chi connectivity index (χ2n) is 5.87. The lowest BCUT2D eigenvalue weighted by molar-refractivity contribution is 0.252. The number of amides is 2. The van der Waals surface area contributed by atoms with E-state index >= 15 is 0 Å². The van der Waals surface area contributed by atoms with Crippen LogP contribution in [0.15, 0.2) is 42.5 Å². The van der Waals surface area contributed by atoms with Crippen LogP contribution in [0.25, 0.3) is 10.2 Å². The van der Waals surface area contributed by atoms with Crippen LogP contribution in [0.3, 0.4) is 0 Å². The second kappa shape index (κ2) is 7.45. The summed E-state index contributed by atoms with van der Waals surface area (Å²) in [5.41, 5.74) is 4.57. The highest BCUT2D eigenvalue weighted by Gasteiger charge is 2.10. The molecule has 0 saturated heterocycles. The van der Waals surface area contributed by atoms with Gasteiger partial charge in [0.25, 0.3) is 0 Å². The topological polar surface area (TPSA) is 54.0 Å². The molecule has 0 radical (unpaired) electrons. The van der Waals surface area contributed by atoms with Crippen LogP contribution in [0, 0.1) is 13.8 Å². The Hall–Kier alpha value is -2.40. The zero-order valence-electron chi connectivity index (χ0n) is 13.9. The minimum absolute atomic E-state index is 0.197. The van der Waals surface area contributed by atoms with E-state index in [0.717, 1.165) is 28.6 Å². The third kappa shape index (κ3) is 3.92. The third-order valence-corrected chi connectivity index (χ3v) is 5.04. The van der Waals surface area contributed by atoms with E-state index in [0.29, 0.717) is 11.7 Å². The molecule has 3 rings (SSSR count). The van der Waals surface area contributed by atoms with E-state index in [1.165, 1.54) is 22.5 Å². The van der Waals surface area contributed by atoms with Gasteiger partial charge in [0.05, 0.1) is 10.2 Å². The fourth-order valence-electron chi connectivity index (χ4n) is 2.59. The molecule has 1 heterocycles. The van der Waals surface area contributed by atoms with Gasteiger partial charge in [-0.15, -0.1) is 0 Å². The Morgan fingerprint density at radius 2 is 1.83 bits per heavy atom. The molecule has 0 aliphatic heterocycles. The van der Waals surface area contributed by atoms with Crippen LogP contribution in [-0.2, 0) is 6.42 Å². The maximum Gasteiger partial charge on any atom is 0.321 e. The smallest absolute Gasteiger partial charge is 0.321 e. The molecule has 0 aliphatic rings. The van der Waals surface area contributed by atoms with Crippen LogP contribution in [0.1, 0.15) is 23.1 Å². The van der Waals surface area contributed by atoms with Gasteiger partial charge in [-0.3, -0.25) is 5.32 Å². The van der Waals surface area contributed by atoms with Gasteiger partial charge < -0.3 is 5.32 Å². The molecule has 0 spiro atoms. The molecule has 0 bridgehead atoms. The first kappa shape index (κ1) is 16.5. The normalized spacial score (nSPS) is 10.8. The van der Waals surface area contributed by atoms with Crippen LogP contribution >= 0.6 is 11.3 Å². The van der Waals surface area contributed by atoms with Crippen molar-refractivity contribution in [3.8, 4) is 0 Å². The standard InChI is InChI=1S/C19H21N3OS/c1-13-10-11-14(2)17-16(13)21-19(24-17)22-18(23)20-12-6-9-15-7-4-3-5-8-15/h3-5,7-8,10-11H,6,9,12H2,1-2H3,(H2,20,21,22,23). The zero-order chi connectivity index (χ0) is 16.9. The summed E-state index contributed by atoms with van der Waals surface area (Å²) in [6, 6.07) is 14.2. The van der Waals surface area contributed by atoms with Gasteiger partial charge in [-0.1, -0.05) is 53.8 Å². The van der Waals surface area contributed by atoms with Gasteiger partial charge >= 0.3 is 6.03 Å². The van der Waals surface area contributed by atoms with Crippen LogP contribution < -0.4 is 10.6 Å². The van der Waals surface area contributed by atoms with Crippen molar-refractivity contribution in [2.75, 3.05) is 11.9 Å². The van der Waals surface area contributed by atoms with Crippen molar-refractivity contribution in [1.82, 2.24) is 10.3 Å². The van der Waals surface area contributed by atoms with Crippen molar-refractivity contribution in [2.45, 2.75) is 26.7 Å². The monoisotopic (exact) mass is 339 g/mol. The van der Waals surface area contributed by atoms with Gasteiger partial charge in [-0.25, -0.2) is 9.78 Å². The molecule has 0 atom stereocenters. The van der Waals surface area contributed by atoms with Crippen molar-refractivity contribution in [3.63, 3.8) is 0 Å². The Morgan fingerprint density at radius 1 is 1.08 bits per heavy atom. The summed E-state index contributed by atoms with van der Waals surface area (Å²) in [5, 5.41) is 6.38. The Labute approximate surface area is 145 Å². The molecule has 2 amide bonds. The van der Waals surface area contributed by atoms with E-state index in [-0.39, 0.29) is 6.03 Å². The maximum atomic E-state index is 12.0.